The van der Waals surface area contributed by atoms with E-state index >= 15 is 0 Å². The molecule has 0 saturated carbocycles. The highest BCUT2D eigenvalue weighted by Gasteiger charge is 2.42. The first-order chi connectivity index (χ1) is 20.6. The van der Waals surface area contributed by atoms with Gasteiger partial charge in [-0.25, -0.2) is 0 Å². The molecule has 3 heterocycles. The molecule has 0 N–H and O–H groups in total. The van der Waals surface area contributed by atoms with Crippen LogP contribution >= 0.6 is 0 Å². The number of hydrogen-bond acceptors (Lipinski definition) is 1. The Kier molecular flexibility index (Phi) is 4.79. The fourth-order valence-electron chi connectivity index (χ4n) is 8.00. The van der Waals surface area contributed by atoms with Crippen LogP contribution in [0.1, 0.15) is 16.7 Å². The summed E-state index contributed by atoms with van der Waals surface area (Å²) in [6, 6.07) is 45.2. The molecule has 9 rings (SSSR count). The Balaban J connectivity index is 1.50. The third-order valence-electron chi connectivity index (χ3n) is 9.41. The molecule has 0 fully saturated rings. The summed E-state index contributed by atoms with van der Waals surface area (Å²) >= 11 is 0. The SMILES string of the molecule is Cc1cc(C)c(-c2cc3c4c(c2)-n2c5ccccc5c5cccc(c52)B4c2ccccc2N3c2ccccc2)c(C)c1. The molecule has 0 spiro atoms. The lowest BCUT2D eigenvalue weighted by Crippen LogP contribution is -2.60. The van der Waals surface area contributed by atoms with Gasteiger partial charge in [0, 0.05) is 39.0 Å². The van der Waals surface area contributed by atoms with Gasteiger partial charge in [0.2, 0.25) is 0 Å². The highest BCUT2D eigenvalue weighted by atomic mass is 15.2. The maximum Gasteiger partial charge on any atom is 0.252 e. The first-order valence-corrected chi connectivity index (χ1v) is 14.8. The molecule has 0 unspecified atom stereocenters. The van der Waals surface area contributed by atoms with E-state index in [9.17, 15) is 0 Å². The first-order valence-electron chi connectivity index (χ1n) is 14.8. The van der Waals surface area contributed by atoms with Crippen molar-refractivity contribution < 1.29 is 0 Å². The number of rotatable bonds is 2. The molecular formula is C39H29BN2. The number of benzene rings is 6. The van der Waals surface area contributed by atoms with Gasteiger partial charge in [-0.2, -0.15) is 0 Å². The monoisotopic (exact) mass is 536 g/mol. The van der Waals surface area contributed by atoms with Crippen LogP contribution in [0.15, 0.2) is 121 Å². The van der Waals surface area contributed by atoms with E-state index in [0.29, 0.717) is 0 Å². The zero-order valence-corrected chi connectivity index (χ0v) is 24.0. The van der Waals surface area contributed by atoms with E-state index in [1.807, 2.05) is 0 Å². The Morgan fingerprint density at radius 3 is 2.05 bits per heavy atom. The second-order valence-corrected chi connectivity index (χ2v) is 12.0. The summed E-state index contributed by atoms with van der Waals surface area (Å²) in [5.41, 5.74) is 18.2. The van der Waals surface area contributed by atoms with E-state index in [2.05, 4.69) is 152 Å². The van der Waals surface area contributed by atoms with Gasteiger partial charge in [0.25, 0.3) is 6.71 Å². The molecule has 7 aromatic rings. The van der Waals surface area contributed by atoms with Crippen molar-refractivity contribution >= 4 is 62.0 Å². The summed E-state index contributed by atoms with van der Waals surface area (Å²) in [6.45, 7) is 6.86. The first kappa shape index (κ1) is 23.7. The van der Waals surface area contributed by atoms with Crippen molar-refractivity contribution in [3.63, 3.8) is 0 Å². The molecule has 0 atom stereocenters. The molecule has 6 aromatic carbocycles. The normalized spacial score (nSPS) is 13.0. The summed E-state index contributed by atoms with van der Waals surface area (Å²) in [7, 11) is 0. The fraction of sp³-hybridized carbons (Fsp3) is 0.0769. The molecule has 2 aliphatic rings. The van der Waals surface area contributed by atoms with E-state index in [0.717, 1.165) is 0 Å². The molecule has 0 bridgehead atoms. The fourth-order valence-corrected chi connectivity index (χ4v) is 8.00. The minimum Gasteiger partial charge on any atom is -0.311 e. The summed E-state index contributed by atoms with van der Waals surface area (Å²) in [6.07, 6.45) is 0. The van der Waals surface area contributed by atoms with Gasteiger partial charge >= 0.3 is 0 Å². The van der Waals surface area contributed by atoms with Gasteiger partial charge in [-0.3, -0.25) is 0 Å². The zero-order valence-electron chi connectivity index (χ0n) is 24.0. The molecule has 3 heteroatoms. The van der Waals surface area contributed by atoms with Gasteiger partial charge in [-0.05, 0) is 95.8 Å². The van der Waals surface area contributed by atoms with Crippen LogP contribution in [0, 0.1) is 20.8 Å². The molecule has 0 saturated heterocycles. The summed E-state index contributed by atoms with van der Waals surface area (Å²) in [5, 5.41) is 2.63. The van der Waals surface area contributed by atoms with Crippen molar-refractivity contribution in [2.24, 2.45) is 0 Å². The van der Waals surface area contributed by atoms with Gasteiger partial charge in [-0.1, -0.05) is 90.5 Å². The number of para-hydroxylation sites is 4. The van der Waals surface area contributed by atoms with Crippen molar-refractivity contribution in [1.29, 1.82) is 0 Å². The summed E-state index contributed by atoms with van der Waals surface area (Å²) < 4.78 is 2.55. The Morgan fingerprint density at radius 1 is 0.548 bits per heavy atom. The number of aromatic nitrogens is 1. The van der Waals surface area contributed by atoms with Crippen molar-refractivity contribution in [3.8, 4) is 16.8 Å². The minimum atomic E-state index is 0.154. The molecule has 2 nitrogen and oxygen atoms in total. The highest BCUT2D eigenvalue weighted by molar-refractivity contribution is 7.00. The van der Waals surface area contributed by atoms with Gasteiger partial charge in [0.15, 0.2) is 0 Å². The quantitative estimate of drug-likeness (QED) is 0.203. The molecule has 0 amide bonds. The summed E-state index contributed by atoms with van der Waals surface area (Å²) in [5.74, 6) is 0. The van der Waals surface area contributed by atoms with Gasteiger partial charge in [0.05, 0.1) is 5.52 Å². The van der Waals surface area contributed by atoms with Crippen LogP contribution in [0.3, 0.4) is 0 Å². The number of hydrogen-bond donors (Lipinski definition) is 0. The molecule has 198 valence electrons. The maximum absolute atomic E-state index is 2.55. The van der Waals surface area contributed by atoms with Crippen LogP contribution in [-0.4, -0.2) is 11.3 Å². The molecular weight excluding hydrogens is 507 g/mol. The molecule has 2 aliphatic heterocycles. The number of fused-ring (bicyclic) bond motifs is 7. The second kappa shape index (κ2) is 8.50. The van der Waals surface area contributed by atoms with E-state index in [1.165, 1.54) is 88.8 Å². The Hall–Kier alpha value is -5.02. The average molecular weight is 536 g/mol. The minimum absolute atomic E-state index is 0.154. The standard InChI is InChI=1S/C39H29BN2/c1-24-20-25(2)37(26(3)21-24)27-22-35-38-36(23-27)42-33-18-9-7-14-29(33)30-15-11-17-32(39(30)42)40(38)31-16-8-10-19-34(31)41(35)28-12-5-4-6-13-28/h4-23H,1-3H3. The number of aryl methyl sites for hydroxylation is 3. The van der Waals surface area contributed by atoms with Crippen LogP contribution in [0.25, 0.3) is 38.6 Å². The lowest BCUT2D eigenvalue weighted by Gasteiger charge is -2.40. The van der Waals surface area contributed by atoms with Gasteiger partial charge in [0.1, 0.15) is 0 Å². The lowest BCUT2D eigenvalue weighted by molar-refractivity contribution is 1.17. The molecule has 0 aliphatic carbocycles. The van der Waals surface area contributed by atoms with Crippen LogP contribution in [0.5, 0.6) is 0 Å². The Morgan fingerprint density at radius 2 is 1.21 bits per heavy atom. The summed E-state index contributed by atoms with van der Waals surface area (Å²) in [4.78, 5) is 2.49. The smallest absolute Gasteiger partial charge is 0.252 e. The zero-order chi connectivity index (χ0) is 28.1. The molecule has 1 aromatic heterocycles. The van der Waals surface area contributed by atoms with E-state index < -0.39 is 0 Å². The average Bonchev–Trinajstić information content (AvgIpc) is 3.34. The van der Waals surface area contributed by atoms with Crippen LogP contribution in [0.4, 0.5) is 17.1 Å². The molecule has 0 radical (unpaired) electrons. The molecule has 42 heavy (non-hydrogen) atoms. The highest BCUT2D eigenvalue weighted by Crippen LogP contribution is 2.43. The van der Waals surface area contributed by atoms with Crippen LogP contribution in [-0.2, 0) is 0 Å². The Bertz CT molecular complexity index is 2220. The largest absolute Gasteiger partial charge is 0.311 e. The lowest BCUT2D eigenvalue weighted by atomic mass is 9.33. The topological polar surface area (TPSA) is 8.17 Å². The van der Waals surface area contributed by atoms with Crippen molar-refractivity contribution in [3.05, 3.63) is 138 Å². The number of nitrogens with zero attached hydrogens (tertiary/aromatic N) is 2. The third kappa shape index (κ3) is 3.06. The van der Waals surface area contributed by atoms with E-state index in [-0.39, 0.29) is 6.71 Å². The Labute approximate surface area is 246 Å². The van der Waals surface area contributed by atoms with Crippen molar-refractivity contribution in [1.82, 2.24) is 4.57 Å². The van der Waals surface area contributed by atoms with Crippen LogP contribution in [0.2, 0.25) is 0 Å². The third-order valence-corrected chi connectivity index (χ3v) is 9.41. The maximum atomic E-state index is 2.55. The predicted molar refractivity (Wildman–Crippen MR) is 180 cm³/mol. The van der Waals surface area contributed by atoms with Crippen molar-refractivity contribution in [2.45, 2.75) is 20.8 Å². The van der Waals surface area contributed by atoms with E-state index in [4.69, 9.17) is 0 Å². The number of anilines is 3. The van der Waals surface area contributed by atoms with Gasteiger partial charge < -0.3 is 9.47 Å². The predicted octanol–water partition coefficient (Wildman–Crippen LogP) is 7.99. The van der Waals surface area contributed by atoms with Crippen molar-refractivity contribution in [2.75, 3.05) is 4.90 Å². The van der Waals surface area contributed by atoms with Crippen LogP contribution < -0.4 is 21.3 Å². The van der Waals surface area contributed by atoms with E-state index in [1.54, 1.807) is 0 Å². The second-order valence-electron chi connectivity index (χ2n) is 12.0. The van der Waals surface area contributed by atoms with Gasteiger partial charge in [-0.15, -0.1) is 0 Å².